The van der Waals surface area contributed by atoms with Crippen molar-refractivity contribution in [3.8, 4) is 0 Å². The molecule has 0 unspecified atom stereocenters. The Morgan fingerprint density at radius 2 is 1.71 bits per heavy atom. The highest BCUT2D eigenvalue weighted by Crippen LogP contribution is 2.37. The zero-order valence-corrected chi connectivity index (χ0v) is 13.9. The lowest BCUT2D eigenvalue weighted by atomic mass is 9.72. The second-order valence-corrected chi connectivity index (χ2v) is 6.79. The summed E-state index contributed by atoms with van der Waals surface area (Å²) in [7, 11) is 0. The van der Waals surface area contributed by atoms with Crippen LogP contribution in [0.4, 0.5) is 0 Å². The summed E-state index contributed by atoms with van der Waals surface area (Å²) in [6.07, 6.45) is 7.83. The molecule has 1 saturated heterocycles. The van der Waals surface area contributed by atoms with Crippen LogP contribution in [0.2, 0.25) is 0 Å². The van der Waals surface area contributed by atoms with E-state index < -0.39 is 0 Å². The number of amides is 1. The predicted molar refractivity (Wildman–Crippen MR) is 87.1 cm³/mol. The monoisotopic (exact) mass is 295 g/mol. The summed E-state index contributed by atoms with van der Waals surface area (Å²) in [5.41, 5.74) is 5.77. The van der Waals surface area contributed by atoms with E-state index in [1.165, 1.54) is 19.3 Å². The highest BCUT2D eigenvalue weighted by atomic mass is 16.2. The van der Waals surface area contributed by atoms with Crippen LogP contribution in [0.25, 0.3) is 0 Å². The Balaban J connectivity index is 1.93. The van der Waals surface area contributed by atoms with Crippen molar-refractivity contribution in [2.45, 2.75) is 64.8 Å². The van der Waals surface area contributed by atoms with E-state index in [-0.39, 0.29) is 5.41 Å². The quantitative estimate of drug-likeness (QED) is 0.846. The Hall–Kier alpha value is -0.610. The highest BCUT2D eigenvalue weighted by molar-refractivity contribution is 5.83. The minimum absolute atomic E-state index is 0.236. The van der Waals surface area contributed by atoms with E-state index in [2.05, 4.69) is 23.6 Å². The van der Waals surface area contributed by atoms with Gasteiger partial charge in [0.1, 0.15) is 0 Å². The van der Waals surface area contributed by atoms with Gasteiger partial charge in [-0.05, 0) is 38.8 Å². The van der Waals surface area contributed by atoms with Gasteiger partial charge < -0.3 is 15.5 Å². The minimum atomic E-state index is -0.236. The molecule has 21 heavy (non-hydrogen) atoms. The average Bonchev–Trinajstić information content (AvgIpc) is 2.56. The van der Waals surface area contributed by atoms with Gasteiger partial charge in [-0.3, -0.25) is 4.79 Å². The first-order valence-corrected chi connectivity index (χ1v) is 8.90. The Morgan fingerprint density at radius 3 is 2.19 bits per heavy atom. The molecule has 122 valence electrons. The summed E-state index contributed by atoms with van der Waals surface area (Å²) in [6, 6.07) is 0.657. The molecule has 2 rings (SSSR count). The molecular formula is C17H33N3O. The fourth-order valence-corrected chi connectivity index (χ4v) is 4.24. The summed E-state index contributed by atoms with van der Waals surface area (Å²) in [6.45, 7) is 9.05. The van der Waals surface area contributed by atoms with Crippen molar-refractivity contribution >= 4 is 5.91 Å². The third-order valence-corrected chi connectivity index (χ3v) is 5.74. The van der Waals surface area contributed by atoms with Gasteiger partial charge >= 0.3 is 0 Å². The molecule has 1 aliphatic heterocycles. The summed E-state index contributed by atoms with van der Waals surface area (Å²) in [4.78, 5) is 17.6. The molecule has 0 radical (unpaired) electrons. The standard InChI is InChI=1S/C17H33N3O/c1-3-19(4-2)15-8-12-20(13-9-15)16(21)17(14-18)10-6-5-7-11-17/h15H,3-14,18H2,1-2H3. The SMILES string of the molecule is CCN(CC)C1CCN(C(=O)C2(CN)CCCCC2)CC1. The third-order valence-electron chi connectivity index (χ3n) is 5.74. The molecule has 1 heterocycles. The molecule has 2 aliphatic rings. The van der Waals surface area contributed by atoms with Gasteiger partial charge in [-0.1, -0.05) is 33.1 Å². The van der Waals surface area contributed by atoms with Crippen LogP contribution in [0.5, 0.6) is 0 Å². The molecule has 2 N–H and O–H groups in total. The van der Waals surface area contributed by atoms with Crippen LogP contribution in [0.1, 0.15) is 58.8 Å². The van der Waals surface area contributed by atoms with Gasteiger partial charge in [-0.25, -0.2) is 0 Å². The maximum absolute atomic E-state index is 13.0. The second-order valence-electron chi connectivity index (χ2n) is 6.79. The fraction of sp³-hybridized carbons (Fsp3) is 0.941. The number of nitrogens with zero attached hydrogens (tertiary/aromatic N) is 2. The van der Waals surface area contributed by atoms with E-state index in [1.807, 2.05) is 0 Å². The smallest absolute Gasteiger partial charge is 0.230 e. The van der Waals surface area contributed by atoms with E-state index in [9.17, 15) is 4.79 Å². The number of hydrogen-bond donors (Lipinski definition) is 1. The van der Waals surface area contributed by atoms with Gasteiger partial charge in [-0.2, -0.15) is 0 Å². The first kappa shape index (κ1) is 16.8. The Morgan fingerprint density at radius 1 is 1.14 bits per heavy atom. The lowest BCUT2D eigenvalue weighted by molar-refractivity contribution is -0.145. The highest BCUT2D eigenvalue weighted by Gasteiger charge is 2.41. The number of likely N-dealkylation sites (tertiary alicyclic amines) is 1. The summed E-state index contributed by atoms with van der Waals surface area (Å²) < 4.78 is 0. The molecule has 4 nitrogen and oxygen atoms in total. The first-order valence-electron chi connectivity index (χ1n) is 8.90. The third kappa shape index (κ3) is 3.59. The Bertz CT molecular complexity index is 327. The maximum Gasteiger partial charge on any atom is 0.230 e. The number of hydrogen-bond acceptors (Lipinski definition) is 3. The number of piperidine rings is 1. The van der Waals surface area contributed by atoms with Crippen LogP contribution in [0, 0.1) is 5.41 Å². The normalized spacial score (nSPS) is 23.5. The molecule has 0 spiro atoms. The predicted octanol–water partition coefficient (Wildman–Crippen LogP) is 2.23. The molecule has 2 fully saturated rings. The van der Waals surface area contributed by atoms with Crippen molar-refractivity contribution in [3.63, 3.8) is 0 Å². The summed E-state index contributed by atoms with van der Waals surface area (Å²) >= 11 is 0. The molecule has 0 aromatic carbocycles. The summed E-state index contributed by atoms with van der Waals surface area (Å²) in [5.74, 6) is 0.350. The summed E-state index contributed by atoms with van der Waals surface area (Å²) in [5, 5.41) is 0. The number of carbonyl (C=O) groups is 1. The van der Waals surface area contributed by atoms with Gasteiger partial charge in [-0.15, -0.1) is 0 Å². The van der Waals surface area contributed by atoms with Crippen molar-refractivity contribution in [2.24, 2.45) is 11.1 Å². The Kier molecular flexibility index (Phi) is 6.06. The molecule has 4 heteroatoms. The van der Waals surface area contributed by atoms with Crippen molar-refractivity contribution in [3.05, 3.63) is 0 Å². The maximum atomic E-state index is 13.0. The number of nitrogens with two attached hydrogens (primary N) is 1. The van der Waals surface area contributed by atoms with Gasteiger partial charge in [0.2, 0.25) is 5.91 Å². The average molecular weight is 295 g/mol. The minimum Gasteiger partial charge on any atom is -0.342 e. The van der Waals surface area contributed by atoms with E-state index in [4.69, 9.17) is 5.73 Å². The number of carbonyl (C=O) groups excluding carboxylic acids is 1. The van der Waals surface area contributed by atoms with E-state index in [1.54, 1.807) is 0 Å². The van der Waals surface area contributed by atoms with Crippen molar-refractivity contribution in [2.75, 3.05) is 32.7 Å². The molecule has 0 aromatic heterocycles. The largest absolute Gasteiger partial charge is 0.342 e. The lowest BCUT2D eigenvalue weighted by Gasteiger charge is -2.43. The van der Waals surface area contributed by atoms with E-state index in [0.29, 0.717) is 18.5 Å². The van der Waals surface area contributed by atoms with Gasteiger partial charge in [0.15, 0.2) is 0 Å². The van der Waals surface area contributed by atoms with E-state index >= 15 is 0 Å². The second kappa shape index (κ2) is 7.59. The zero-order valence-electron chi connectivity index (χ0n) is 13.9. The van der Waals surface area contributed by atoms with Gasteiger partial charge in [0.05, 0.1) is 5.41 Å². The fourth-order valence-electron chi connectivity index (χ4n) is 4.24. The molecule has 0 bridgehead atoms. The van der Waals surface area contributed by atoms with Crippen LogP contribution in [0.3, 0.4) is 0 Å². The number of rotatable bonds is 5. The van der Waals surface area contributed by atoms with Crippen molar-refractivity contribution in [1.82, 2.24) is 9.80 Å². The molecule has 1 aliphatic carbocycles. The Labute approximate surface area is 130 Å². The topological polar surface area (TPSA) is 49.6 Å². The molecule has 1 saturated carbocycles. The molecule has 0 atom stereocenters. The lowest BCUT2D eigenvalue weighted by Crippen LogP contribution is -2.53. The molecule has 0 aromatic rings. The van der Waals surface area contributed by atoms with Crippen molar-refractivity contribution < 1.29 is 4.79 Å². The first-order chi connectivity index (χ1) is 10.2. The van der Waals surface area contributed by atoms with Crippen LogP contribution < -0.4 is 5.73 Å². The van der Waals surface area contributed by atoms with Gasteiger partial charge in [0, 0.05) is 25.7 Å². The zero-order chi connectivity index (χ0) is 15.3. The molecular weight excluding hydrogens is 262 g/mol. The van der Waals surface area contributed by atoms with Crippen molar-refractivity contribution in [1.29, 1.82) is 0 Å². The van der Waals surface area contributed by atoms with E-state index in [0.717, 1.165) is 51.9 Å². The van der Waals surface area contributed by atoms with Crippen LogP contribution in [0.15, 0.2) is 0 Å². The van der Waals surface area contributed by atoms with Gasteiger partial charge in [0.25, 0.3) is 0 Å². The van der Waals surface area contributed by atoms with Crippen LogP contribution in [-0.2, 0) is 4.79 Å². The molecule has 1 amide bonds. The van der Waals surface area contributed by atoms with Crippen LogP contribution >= 0.6 is 0 Å². The van der Waals surface area contributed by atoms with Crippen LogP contribution in [-0.4, -0.2) is 54.5 Å².